The summed E-state index contributed by atoms with van der Waals surface area (Å²) in [6.45, 7) is 2.44. The van der Waals surface area contributed by atoms with Gasteiger partial charge in [-0.05, 0) is 19.1 Å². The van der Waals surface area contributed by atoms with E-state index in [1.54, 1.807) is 23.0 Å². The molecule has 16 heavy (non-hydrogen) atoms. The van der Waals surface area contributed by atoms with E-state index in [-0.39, 0.29) is 5.78 Å². The summed E-state index contributed by atoms with van der Waals surface area (Å²) >= 11 is 1.41. The number of aromatic nitrogens is 1. The van der Waals surface area contributed by atoms with Crippen LogP contribution in [0.2, 0.25) is 0 Å². The number of nitrogens with zero attached hydrogens (tertiary/aromatic N) is 1. The highest BCUT2D eigenvalue weighted by Gasteiger charge is 2.15. The van der Waals surface area contributed by atoms with Crippen LogP contribution >= 0.6 is 11.3 Å². The lowest BCUT2D eigenvalue weighted by Gasteiger charge is -2.07. The van der Waals surface area contributed by atoms with Gasteiger partial charge in [0.2, 0.25) is 5.78 Å². The zero-order chi connectivity index (χ0) is 11.4. The third kappa shape index (κ3) is 2.12. The topological polar surface area (TPSA) is 39.2 Å². The first-order valence-corrected chi connectivity index (χ1v) is 5.92. The molecule has 82 valence electrons. The molecule has 0 N–H and O–H groups in total. The number of ketones is 1. The van der Waals surface area contributed by atoms with Crippen LogP contribution in [0.15, 0.2) is 35.2 Å². The van der Waals surface area contributed by atoms with E-state index in [0.717, 1.165) is 0 Å². The Balaban J connectivity index is 2.36. The SMILES string of the molecule is CCOc1ccccc1C(=O)c1cscn1. The normalized spacial score (nSPS) is 10.1. The van der Waals surface area contributed by atoms with Gasteiger partial charge < -0.3 is 4.74 Å². The monoisotopic (exact) mass is 233 g/mol. The molecule has 0 saturated heterocycles. The van der Waals surface area contributed by atoms with Gasteiger partial charge >= 0.3 is 0 Å². The van der Waals surface area contributed by atoms with Gasteiger partial charge in [-0.25, -0.2) is 4.98 Å². The number of thiazole rings is 1. The van der Waals surface area contributed by atoms with E-state index in [1.807, 2.05) is 19.1 Å². The Labute approximate surface area is 97.7 Å². The first-order chi connectivity index (χ1) is 7.83. The Morgan fingerprint density at radius 2 is 2.25 bits per heavy atom. The quantitative estimate of drug-likeness (QED) is 0.762. The zero-order valence-electron chi connectivity index (χ0n) is 8.84. The molecule has 0 bridgehead atoms. The highest BCUT2D eigenvalue weighted by atomic mass is 32.1. The largest absolute Gasteiger partial charge is 0.493 e. The average molecular weight is 233 g/mol. The van der Waals surface area contributed by atoms with E-state index in [0.29, 0.717) is 23.6 Å². The molecule has 4 heteroatoms. The van der Waals surface area contributed by atoms with Gasteiger partial charge in [-0.2, -0.15) is 0 Å². The Morgan fingerprint density at radius 3 is 2.94 bits per heavy atom. The molecular weight excluding hydrogens is 222 g/mol. The van der Waals surface area contributed by atoms with Gasteiger partial charge in [0.25, 0.3) is 0 Å². The number of para-hydroxylation sites is 1. The lowest BCUT2D eigenvalue weighted by atomic mass is 10.1. The maximum absolute atomic E-state index is 12.1. The Morgan fingerprint density at radius 1 is 1.44 bits per heavy atom. The van der Waals surface area contributed by atoms with Gasteiger partial charge in [0.15, 0.2) is 0 Å². The van der Waals surface area contributed by atoms with Crippen molar-refractivity contribution in [3.05, 3.63) is 46.4 Å². The number of carbonyl (C=O) groups is 1. The van der Waals surface area contributed by atoms with Crippen molar-refractivity contribution >= 4 is 17.1 Å². The number of hydrogen-bond donors (Lipinski definition) is 0. The van der Waals surface area contributed by atoms with Crippen molar-refractivity contribution in [3.8, 4) is 5.75 Å². The van der Waals surface area contributed by atoms with Gasteiger partial charge in [-0.15, -0.1) is 11.3 Å². The predicted octanol–water partition coefficient (Wildman–Crippen LogP) is 2.77. The first kappa shape index (κ1) is 10.8. The second kappa shape index (κ2) is 4.90. The maximum atomic E-state index is 12.1. The van der Waals surface area contributed by atoms with E-state index in [9.17, 15) is 4.79 Å². The molecule has 0 unspecified atom stereocenters. The van der Waals surface area contributed by atoms with E-state index >= 15 is 0 Å². The van der Waals surface area contributed by atoms with Crippen LogP contribution in [0.4, 0.5) is 0 Å². The van der Waals surface area contributed by atoms with Crippen LogP contribution in [-0.2, 0) is 0 Å². The Bertz CT molecular complexity index is 480. The Kier molecular flexibility index (Phi) is 3.31. The molecule has 2 aromatic rings. The third-order valence-corrected chi connectivity index (χ3v) is 2.68. The third-order valence-electron chi connectivity index (χ3n) is 2.10. The minimum absolute atomic E-state index is 0.0923. The lowest BCUT2D eigenvalue weighted by Crippen LogP contribution is -2.05. The van der Waals surface area contributed by atoms with Crippen LogP contribution in [-0.4, -0.2) is 17.4 Å². The second-order valence-corrected chi connectivity index (χ2v) is 3.85. The summed E-state index contributed by atoms with van der Waals surface area (Å²) < 4.78 is 5.41. The molecule has 3 nitrogen and oxygen atoms in total. The summed E-state index contributed by atoms with van der Waals surface area (Å²) in [5, 5.41) is 1.74. The van der Waals surface area contributed by atoms with Crippen LogP contribution in [0.25, 0.3) is 0 Å². The molecule has 0 aliphatic rings. The summed E-state index contributed by atoms with van der Waals surface area (Å²) in [5.41, 5.74) is 2.68. The fourth-order valence-electron chi connectivity index (χ4n) is 1.40. The second-order valence-electron chi connectivity index (χ2n) is 3.13. The highest BCUT2D eigenvalue weighted by molar-refractivity contribution is 7.07. The summed E-state index contributed by atoms with van der Waals surface area (Å²) in [5.74, 6) is 0.522. The first-order valence-electron chi connectivity index (χ1n) is 4.97. The van der Waals surface area contributed by atoms with Crippen LogP contribution in [0.3, 0.4) is 0 Å². The molecule has 0 aliphatic heterocycles. The molecular formula is C12H11NO2S. The summed E-state index contributed by atoms with van der Waals surface area (Å²) in [6.07, 6.45) is 0. The fourth-order valence-corrected chi connectivity index (χ4v) is 1.93. The van der Waals surface area contributed by atoms with E-state index in [4.69, 9.17) is 4.74 Å². The van der Waals surface area contributed by atoms with Crippen molar-refractivity contribution in [1.29, 1.82) is 0 Å². The standard InChI is InChI=1S/C12H11NO2S/c1-2-15-11-6-4-3-5-9(11)12(14)10-7-16-8-13-10/h3-8H,2H2,1H3. The van der Waals surface area contributed by atoms with Crippen molar-refractivity contribution in [2.45, 2.75) is 6.92 Å². The lowest BCUT2D eigenvalue weighted by molar-refractivity contribution is 0.103. The Hall–Kier alpha value is -1.68. The predicted molar refractivity (Wildman–Crippen MR) is 63.2 cm³/mol. The molecule has 0 spiro atoms. The van der Waals surface area contributed by atoms with Crippen molar-refractivity contribution < 1.29 is 9.53 Å². The summed E-state index contributed by atoms with van der Waals surface area (Å²) in [6, 6.07) is 7.22. The molecule has 2 rings (SSSR count). The molecule has 0 fully saturated rings. The van der Waals surface area contributed by atoms with Crippen LogP contribution in [0.1, 0.15) is 23.0 Å². The number of ether oxygens (including phenoxy) is 1. The molecule has 0 saturated carbocycles. The molecule has 0 amide bonds. The van der Waals surface area contributed by atoms with Crippen molar-refractivity contribution in [3.63, 3.8) is 0 Å². The minimum Gasteiger partial charge on any atom is -0.493 e. The fraction of sp³-hybridized carbons (Fsp3) is 0.167. The number of hydrogen-bond acceptors (Lipinski definition) is 4. The van der Waals surface area contributed by atoms with Crippen molar-refractivity contribution in [2.24, 2.45) is 0 Å². The maximum Gasteiger partial charge on any atom is 0.215 e. The van der Waals surface area contributed by atoms with Gasteiger partial charge in [-0.3, -0.25) is 4.79 Å². The molecule has 0 aliphatic carbocycles. The van der Waals surface area contributed by atoms with Crippen molar-refractivity contribution in [2.75, 3.05) is 6.61 Å². The van der Waals surface area contributed by atoms with E-state index in [1.165, 1.54) is 11.3 Å². The smallest absolute Gasteiger partial charge is 0.215 e. The van der Waals surface area contributed by atoms with Crippen LogP contribution in [0, 0.1) is 0 Å². The number of rotatable bonds is 4. The van der Waals surface area contributed by atoms with Crippen LogP contribution in [0.5, 0.6) is 5.75 Å². The summed E-state index contributed by atoms with van der Waals surface area (Å²) in [7, 11) is 0. The van der Waals surface area contributed by atoms with Gasteiger partial charge in [0.05, 0.1) is 17.7 Å². The average Bonchev–Trinajstić information content (AvgIpc) is 2.83. The molecule has 0 radical (unpaired) electrons. The van der Waals surface area contributed by atoms with Gasteiger partial charge in [-0.1, -0.05) is 12.1 Å². The van der Waals surface area contributed by atoms with Gasteiger partial charge in [0, 0.05) is 5.38 Å². The van der Waals surface area contributed by atoms with E-state index in [2.05, 4.69) is 4.98 Å². The molecule has 1 aromatic carbocycles. The molecule has 0 atom stereocenters. The summed E-state index contributed by atoms with van der Waals surface area (Å²) in [4.78, 5) is 16.1. The molecule has 1 heterocycles. The number of benzene rings is 1. The molecule has 1 aromatic heterocycles. The number of carbonyl (C=O) groups excluding carboxylic acids is 1. The van der Waals surface area contributed by atoms with Crippen molar-refractivity contribution in [1.82, 2.24) is 4.98 Å². The highest BCUT2D eigenvalue weighted by Crippen LogP contribution is 2.21. The van der Waals surface area contributed by atoms with E-state index < -0.39 is 0 Å². The van der Waals surface area contributed by atoms with Crippen LogP contribution < -0.4 is 4.74 Å². The minimum atomic E-state index is -0.0923. The van der Waals surface area contributed by atoms with Gasteiger partial charge in [0.1, 0.15) is 11.4 Å². The zero-order valence-corrected chi connectivity index (χ0v) is 9.66.